The first-order valence-corrected chi connectivity index (χ1v) is 19.5. The number of likely N-dealkylation sites (tertiary alicyclic amines) is 1. The number of carbonyl (C=O) groups excluding carboxylic acids is 2. The summed E-state index contributed by atoms with van der Waals surface area (Å²) >= 11 is 6.41. The molecule has 0 N–H and O–H groups in total. The summed E-state index contributed by atoms with van der Waals surface area (Å²) in [4.78, 5) is 26.9. The Balaban J connectivity index is 1.10. The number of halogens is 1. The molecule has 0 unspecified atom stereocenters. The van der Waals surface area contributed by atoms with E-state index in [4.69, 9.17) is 21.1 Å². The van der Waals surface area contributed by atoms with Crippen molar-refractivity contribution in [2.45, 2.75) is 88.5 Å². The van der Waals surface area contributed by atoms with E-state index in [9.17, 15) is 23.2 Å². The van der Waals surface area contributed by atoms with Crippen LogP contribution in [-0.2, 0) is 24.2 Å². The molecule has 13 heteroatoms. The average molecular weight is 734 g/mol. The van der Waals surface area contributed by atoms with Gasteiger partial charge in [-0.3, -0.25) is 19.1 Å². The molecule has 1 aliphatic carbocycles. The van der Waals surface area contributed by atoms with Crippen molar-refractivity contribution in [2.24, 2.45) is 28.6 Å². The molecular formula is C37H52ClN3O8S. The molecule has 2 fully saturated rings. The number of hydrogen-bond donors (Lipinski definition) is 0. The van der Waals surface area contributed by atoms with Crippen LogP contribution in [0.15, 0.2) is 69.7 Å². The highest BCUT2D eigenvalue weighted by Gasteiger charge is 2.46. The SMILES string of the molecule is C=C[C@]1(C)CC[C@@H](C(=C)CN2CCC(COC(=O)CCC(=O)CCCOc3no[n+]([O-])c3S(=O)(=O)c3ccccc3)CC2)C[C@H]1C(C)(C)CCl. The number of sulfone groups is 1. The normalized spacial score (nSPS) is 22.2. The predicted octanol–water partition coefficient (Wildman–Crippen LogP) is 6.33. The smallest absolute Gasteiger partial charge is 0.414 e. The van der Waals surface area contributed by atoms with Crippen LogP contribution in [-0.4, -0.2) is 69.0 Å². The Morgan fingerprint density at radius 2 is 1.88 bits per heavy atom. The first-order valence-electron chi connectivity index (χ1n) is 17.5. The highest BCUT2D eigenvalue weighted by Crippen LogP contribution is 2.53. The van der Waals surface area contributed by atoms with Crippen molar-refractivity contribution < 1.29 is 37.0 Å². The summed E-state index contributed by atoms with van der Waals surface area (Å²) in [6, 6.07) is 7.37. The summed E-state index contributed by atoms with van der Waals surface area (Å²) in [5.74, 6) is 0.799. The topological polar surface area (TPSA) is 143 Å². The number of ketones is 1. The Hall–Kier alpha value is -3.22. The number of carbonyl (C=O) groups is 2. The Labute approximate surface area is 301 Å². The zero-order chi connectivity index (χ0) is 36.5. The van der Waals surface area contributed by atoms with E-state index in [1.54, 1.807) is 6.07 Å². The van der Waals surface area contributed by atoms with Crippen LogP contribution in [0, 0.1) is 33.8 Å². The molecule has 0 spiro atoms. The number of ether oxygens (including phenoxy) is 2. The van der Waals surface area contributed by atoms with E-state index < -0.39 is 26.7 Å². The lowest BCUT2D eigenvalue weighted by molar-refractivity contribution is -0.832. The molecule has 2 aromatic rings. The molecule has 0 radical (unpaired) electrons. The van der Waals surface area contributed by atoms with Gasteiger partial charge in [-0.2, -0.15) is 0 Å². The number of piperidine rings is 1. The maximum absolute atomic E-state index is 12.8. The Morgan fingerprint density at radius 1 is 1.18 bits per heavy atom. The third-order valence-corrected chi connectivity index (χ3v) is 13.0. The van der Waals surface area contributed by atoms with Crippen molar-refractivity contribution in [1.29, 1.82) is 0 Å². The second-order valence-corrected chi connectivity index (χ2v) is 16.9. The third kappa shape index (κ3) is 9.97. The maximum atomic E-state index is 12.8. The lowest BCUT2D eigenvalue weighted by atomic mass is 9.55. The molecular weight excluding hydrogens is 682 g/mol. The van der Waals surface area contributed by atoms with Crippen molar-refractivity contribution >= 4 is 33.2 Å². The minimum absolute atomic E-state index is 0.00883. The molecule has 0 amide bonds. The van der Waals surface area contributed by atoms with E-state index in [0.29, 0.717) is 24.3 Å². The summed E-state index contributed by atoms with van der Waals surface area (Å²) in [6.07, 6.45) is 7.66. The van der Waals surface area contributed by atoms with Gasteiger partial charge < -0.3 is 14.7 Å². The number of rotatable bonds is 18. The summed E-state index contributed by atoms with van der Waals surface area (Å²) in [5, 5.41) is 14.7. The van der Waals surface area contributed by atoms with Crippen LogP contribution in [0.4, 0.5) is 0 Å². The van der Waals surface area contributed by atoms with E-state index in [0.717, 1.165) is 51.7 Å². The van der Waals surface area contributed by atoms with Gasteiger partial charge in [0, 0.05) is 25.3 Å². The minimum atomic E-state index is -4.23. The van der Waals surface area contributed by atoms with Gasteiger partial charge in [0.15, 0.2) is 0 Å². The van der Waals surface area contributed by atoms with Crippen molar-refractivity contribution in [2.75, 3.05) is 38.7 Å². The van der Waals surface area contributed by atoms with Crippen molar-refractivity contribution in [3.05, 3.63) is 60.3 Å². The molecule has 4 rings (SSSR count). The number of esters is 1. The van der Waals surface area contributed by atoms with Crippen molar-refractivity contribution in [1.82, 2.24) is 10.1 Å². The Kier molecular flexibility index (Phi) is 13.7. The van der Waals surface area contributed by atoms with Gasteiger partial charge in [-0.1, -0.05) is 57.2 Å². The quantitative estimate of drug-likeness (QED) is 0.0560. The standard InChI is InChI=1S/C37H52ClN3O8S/c1-6-37(5)19-16-29(23-32(37)36(3,4)26-38)27(2)24-40-20-17-28(18-21-40)25-48-33(43)15-14-30(42)11-10-22-47-34-35(41(44)49-39-34)50(45,46)31-12-8-7-9-13-31/h6-9,12-13,28-29,32H,1-2,10-11,14-26H2,3-5H3/t29-,32+,37-/m1/s1. The molecule has 1 aromatic heterocycles. The average Bonchev–Trinajstić information content (AvgIpc) is 3.49. The number of nitrogens with zero attached hydrogens (tertiary/aromatic N) is 3. The largest absolute Gasteiger partial charge is 0.465 e. The maximum Gasteiger partial charge on any atom is 0.414 e. The summed E-state index contributed by atoms with van der Waals surface area (Å²) in [5.41, 5.74) is 1.40. The van der Waals surface area contributed by atoms with Crippen LogP contribution in [0.1, 0.15) is 78.6 Å². The van der Waals surface area contributed by atoms with E-state index in [2.05, 4.69) is 54.7 Å². The molecule has 2 heterocycles. The molecule has 50 heavy (non-hydrogen) atoms. The molecule has 276 valence electrons. The monoisotopic (exact) mass is 733 g/mol. The molecule has 2 aliphatic rings. The second kappa shape index (κ2) is 17.3. The van der Waals surface area contributed by atoms with Crippen molar-refractivity contribution in [3.63, 3.8) is 0 Å². The van der Waals surface area contributed by atoms with Crippen LogP contribution < -0.4 is 9.64 Å². The molecule has 0 bridgehead atoms. The lowest BCUT2D eigenvalue weighted by Crippen LogP contribution is -2.44. The number of aromatic nitrogens is 2. The van der Waals surface area contributed by atoms with E-state index in [1.807, 2.05) is 0 Å². The number of Topliss-reactive ketones (excluding diaryl/α,β-unsaturated/α-hetero) is 1. The highest BCUT2D eigenvalue weighted by atomic mass is 35.5. The minimum Gasteiger partial charge on any atom is -0.465 e. The van der Waals surface area contributed by atoms with Gasteiger partial charge >= 0.3 is 16.9 Å². The van der Waals surface area contributed by atoms with Gasteiger partial charge in [0.25, 0.3) is 9.84 Å². The number of hydrogen-bond acceptors (Lipinski definition) is 10. The fraction of sp³-hybridized carbons (Fsp3) is 0.622. The zero-order valence-electron chi connectivity index (χ0n) is 29.6. The summed E-state index contributed by atoms with van der Waals surface area (Å²) in [6.45, 7) is 18.5. The van der Waals surface area contributed by atoms with E-state index in [1.165, 1.54) is 29.8 Å². The lowest BCUT2D eigenvalue weighted by Gasteiger charge is -2.50. The molecule has 1 saturated carbocycles. The third-order valence-electron chi connectivity index (χ3n) is 10.6. The molecule has 3 atom stereocenters. The van der Waals surface area contributed by atoms with Crippen LogP contribution in [0.25, 0.3) is 0 Å². The van der Waals surface area contributed by atoms with Gasteiger partial charge in [-0.15, -0.1) is 18.2 Å². The van der Waals surface area contributed by atoms with Crippen LogP contribution in [0.3, 0.4) is 0 Å². The van der Waals surface area contributed by atoms with Gasteiger partial charge in [-0.25, -0.2) is 8.42 Å². The molecule has 11 nitrogen and oxygen atoms in total. The number of alkyl halides is 1. The number of benzene rings is 1. The first kappa shape index (κ1) is 39.6. The molecule has 1 saturated heterocycles. The van der Waals surface area contributed by atoms with Crippen molar-refractivity contribution in [3.8, 4) is 5.88 Å². The van der Waals surface area contributed by atoms with Crippen LogP contribution in [0.2, 0.25) is 0 Å². The molecule has 1 aliphatic heterocycles. The zero-order valence-corrected chi connectivity index (χ0v) is 31.2. The number of allylic oxidation sites excluding steroid dienone is 1. The van der Waals surface area contributed by atoms with Gasteiger partial charge in [0.2, 0.25) is 0 Å². The van der Waals surface area contributed by atoms with Gasteiger partial charge in [0.1, 0.15) is 5.78 Å². The highest BCUT2D eigenvalue weighted by molar-refractivity contribution is 7.91. The van der Waals surface area contributed by atoms with E-state index in [-0.39, 0.29) is 64.6 Å². The van der Waals surface area contributed by atoms with Gasteiger partial charge in [-0.05, 0) is 97.2 Å². The fourth-order valence-corrected chi connectivity index (χ4v) is 8.79. The van der Waals surface area contributed by atoms with Crippen LogP contribution in [0.5, 0.6) is 5.88 Å². The second-order valence-electron chi connectivity index (χ2n) is 14.8. The van der Waals surface area contributed by atoms with Gasteiger partial charge in [0.05, 0.1) is 29.7 Å². The summed E-state index contributed by atoms with van der Waals surface area (Å²) < 4.78 is 41.0. The first-order chi connectivity index (χ1) is 23.7. The summed E-state index contributed by atoms with van der Waals surface area (Å²) in [7, 11) is -4.23. The molecule has 1 aromatic carbocycles. The fourth-order valence-electron chi connectivity index (χ4n) is 7.31. The predicted molar refractivity (Wildman–Crippen MR) is 189 cm³/mol. The van der Waals surface area contributed by atoms with Crippen LogP contribution >= 0.6 is 11.6 Å². The Bertz CT molecular complexity index is 1590. The van der Waals surface area contributed by atoms with E-state index >= 15 is 0 Å². The Morgan fingerprint density at radius 3 is 2.54 bits per heavy atom.